The molecule has 2 N–H and O–H groups in total. The van der Waals surface area contributed by atoms with E-state index >= 15 is 0 Å². The minimum atomic E-state index is 0. The quantitative estimate of drug-likeness (QED) is 0.287. The van der Waals surface area contributed by atoms with Crippen LogP contribution in [0.4, 0.5) is 0 Å². The average Bonchev–Trinajstić information content (AvgIpc) is 2.75. The minimum Gasteiger partial charge on any atom is -0.357 e. The molecule has 0 spiro atoms. The molecule has 0 aliphatic rings. The van der Waals surface area contributed by atoms with Crippen LogP contribution in [0.3, 0.4) is 0 Å². The summed E-state index contributed by atoms with van der Waals surface area (Å²) in [4.78, 5) is 10.4. The zero-order chi connectivity index (χ0) is 14.8. The molecule has 0 saturated heterocycles. The third-order valence-corrected chi connectivity index (χ3v) is 4.17. The van der Waals surface area contributed by atoms with E-state index in [1.54, 1.807) is 11.3 Å². The van der Waals surface area contributed by atoms with Crippen molar-refractivity contribution in [2.75, 3.05) is 13.1 Å². The number of rotatable bonds is 8. The van der Waals surface area contributed by atoms with Crippen LogP contribution in [0.2, 0.25) is 0 Å². The number of aromatic nitrogens is 1. The third-order valence-electron chi connectivity index (χ3n) is 3.11. The second-order valence-corrected chi connectivity index (χ2v) is 6.22. The van der Waals surface area contributed by atoms with Crippen LogP contribution in [0.25, 0.3) is 0 Å². The number of aryl methyl sites for hydroxylation is 2. The lowest BCUT2D eigenvalue weighted by Gasteiger charge is -2.10. The maximum Gasteiger partial charge on any atom is 0.191 e. The first-order chi connectivity index (χ1) is 9.67. The van der Waals surface area contributed by atoms with Crippen molar-refractivity contribution in [1.82, 2.24) is 15.6 Å². The van der Waals surface area contributed by atoms with E-state index in [4.69, 9.17) is 0 Å². The van der Waals surface area contributed by atoms with E-state index < -0.39 is 0 Å². The summed E-state index contributed by atoms with van der Waals surface area (Å²) in [6.45, 7) is 11.0. The Morgan fingerprint density at radius 2 is 1.90 bits per heavy atom. The van der Waals surface area contributed by atoms with Gasteiger partial charge in [-0.2, -0.15) is 0 Å². The van der Waals surface area contributed by atoms with Crippen molar-refractivity contribution in [3.63, 3.8) is 0 Å². The molecule has 1 heterocycles. The normalized spacial score (nSPS) is 11.1. The molecule has 0 amide bonds. The predicted octanol–water partition coefficient (Wildman–Crippen LogP) is 4.01. The minimum absolute atomic E-state index is 0. The highest BCUT2D eigenvalue weighted by molar-refractivity contribution is 14.0. The molecular formula is C15H29IN4S. The second-order valence-electron chi connectivity index (χ2n) is 4.93. The first kappa shape index (κ1) is 20.6. The number of aliphatic imine (C=N–C) groups is 1. The molecule has 0 saturated carbocycles. The molecule has 0 unspecified atom stereocenters. The van der Waals surface area contributed by atoms with Gasteiger partial charge in [0.25, 0.3) is 0 Å². The maximum atomic E-state index is 4.60. The lowest BCUT2D eigenvalue weighted by Crippen LogP contribution is -2.37. The lowest BCUT2D eigenvalue weighted by molar-refractivity contribution is 0.647. The number of thiazole rings is 1. The highest BCUT2D eigenvalue weighted by Gasteiger charge is 2.03. The standard InChI is InChI=1S/C15H28N4S.HI/c1-5-7-8-9-10-17-15(16-6-2)18-11-14-19-12(3)13(4)20-14;/h5-11H2,1-4H3,(H2,16,17,18);1H. The van der Waals surface area contributed by atoms with Crippen molar-refractivity contribution >= 4 is 41.3 Å². The van der Waals surface area contributed by atoms with E-state index in [-0.39, 0.29) is 24.0 Å². The summed E-state index contributed by atoms with van der Waals surface area (Å²) >= 11 is 1.74. The molecule has 6 heteroatoms. The van der Waals surface area contributed by atoms with Crippen LogP contribution in [-0.2, 0) is 6.54 Å². The van der Waals surface area contributed by atoms with E-state index in [1.165, 1.54) is 30.6 Å². The Kier molecular flexibility index (Phi) is 12.0. The molecule has 0 radical (unpaired) electrons. The molecule has 0 aliphatic carbocycles. The van der Waals surface area contributed by atoms with Crippen molar-refractivity contribution in [3.05, 3.63) is 15.6 Å². The first-order valence-electron chi connectivity index (χ1n) is 7.62. The Morgan fingerprint density at radius 3 is 2.48 bits per heavy atom. The number of hydrogen-bond donors (Lipinski definition) is 2. The van der Waals surface area contributed by atoms with Crippen molar-refractivity contribution in [2.45, 2.75) is 59.9 Å². The summed E-state index contributed by atoms with van der Waals surface area (Å²) in [6, 6.07) is 0. The number of nitrogens with one attached hydrogen (secondary N) is 2. The van der Waals surface area contributed by atoms with E-state index in [1.807, 2.05) is 0 Å². The highest BCUT2D eigenvalue weighted by atomic mass is 127. The number of halogens is 1. The topological polar surface area (TPSA) is 49.3 Å². The maximum absolute atomic E-state index is 4.60. The van der Waals surface area contributed by atoms with Crippen LogP contribution < -0.4 is 10.6 Å². The molecule has 1 rings (SSSR count). The first-order valence-corrected chi connectivity index (χ1v) is 8.44. The van der Waals surface area contributed by atoms with Gasteiger partial charge in [-0.25, -0.2) is 9.98 Å². The van der Waals surface area contributed by atoms with Gasteiger partial charge >= 0.3 is 0 Å². The van der Waals surface area contributed by atoms with Crippen molar-refractivity contribution in [3.8, 4) is 0 Å². The molecular weight excluding hydrogens is 395 g/mol. The highest BCUT2D eigenvalue weighted by Crippen LogP contribution is 2.16. The SMILES string of the molecule is CCCCCCNC(=NCc1nc(C)c(C)s1)NCC.I. The fourth-order valence-corrected chi connectivity index (χ4v) is 2.71. The molecule has 0 fully saturated rings. The number of guanidine groups is 1. The Hall–Kier alpha value is -0.370. The molecule has 4 nitrogen and oxygen atoms in total. The van der Waals surface area contributed by atoms with Crippen LogP contribution >= 0.6 is 35.3 Å². The summed E-state index contributed by atoms with van der Waals surface area (Å²) in [5.41, 5.74) is 1.12. The fraction of sp³-hybridized carbons (Fsp3) is 0.733. The molecule has 0 aromatic carbocycles. The van der Waals surface area contributed by atoms with Gasteiger partial charge in [-0.3, -0.25) is 0 Å². The monoisotopic (exact) mass is 424 g/mol. The molecule has 1 aromatic rings. The largest absolute Gasteiger partial charge is 0.357 e. The number of unbranched alkanes of at least 4 members (excludes halogenated alkanes) is 3. The average molecular weight is 424 g/mol. The van der Waals surface area contributed by atoms with Crippen LogP contribution in [0.5, 0.6) is 0 Å². The summed E-state index contributed by atoms with van der Waals surface area (Å²) in [7, 11) is 0. The summed E-state index contributed by atoms with van der Waals surface area (Å²) < 4.78 is 0. The van der Waals surface area contributed by atoms with Crippen LogP contribution in [0.15, 0.2) is 4.99 Å². The van der Waals surface area contributed by atoms with Gasteiger partial charge in [-0.1, -0.05) is 26.2 Å². The van der Waals surface area contributed by atoms with Gasteiger partial charge in [-0.15, -0.1) is 35.3 Å². The Bertz CT molecular complexity index is 398. The predicted molar refractivity (Wildman–Crippen MR) is 104 cm³/mol. The zero-order valence-corrected chi connectivity index (χ0v) is 16.8. The smallest absolute Gasteiger partial charge is 0.191 e. The molecule has 0 bridgehead atoms. The Balaban J connectivity index is 0.00000400. The molecule has 1 aromatic heterocycles. The van der Waals surface area contributed by atoms with Crippen LogP contribution in [-0.4, -0.2) is 24.0 Å². The van der Waals surface area contributed by atoms with Gasteiger partial charge in [-0.05, 0) is 27.2 Å². The Labute approximate surface area is 150 Å². The summed E-state index contributed by atoms with van der Waals surface area (Å²) in [5.74, 6) is 0.898. The van der Waals surface area contributed by atoms with Gasteiger partial charge in [0.05, 0.1) is 12.2 Å². The van der Waals surface area contributed by atoms with E-state index in [2.05, 4.69) is 48.3 Å². The fourth-order valence-electron chi connectivity index (χ4n) is 1.85. The van der Waals surface area contributed by atoms with Crippen LogP contribution in [0, 0.1) is 13.8 Å². The molecule has 0 atom stereocenters. The van der Waals surface area contributed by atoms with Crippen molar-refractivity contribution < 1.29 is 0 Å². The van der Waals surface area contributed by atoms with E-state index in [0.29, 0.717) is 6.54 Å². The van der Waals surface area contributed by atoms with Gasteiger partial charge in [0.1, 0.15) is 5.01 Å². The Morgan fingerprint density at radius 1 is 1.14 bits per heavy atom. The summed E-state index contributed by atoms with van der Waals surface area (Å²) in [5, 5.41) is 7.75. The lowest BCUT2D eigenvalue weighted by atomic mass is 10.2. The van der Waals surface area contributed by atoms with Crippen molar-refractivity contribution in [1.29, 1.82) is 0 Å². The zero-order valence-electron chi connectivity index (χ0n) is 13.7. The van der Waals surface area contributed by atoms with Gasteiger partial charge in [0, 0.05) is 18.0 Å². The van der Waals surface area contributed by atoms with Crippen LogP contribution in [0.1, 0.15) is 55.1 Å². The van der Waals surface area contributed by atoms with Crippen molar-refractivity contribution in [2.24, 2.45) is 4.99 Å². The molecule has 122 valence electrons. The number of nitrogens with zero attached hydrogens (tertiary/aromatic N) is 2. The van der Waals surface area contributed by atoms with E-state index in [0.717, 1.165) is 29.8 Å². The van der Waals surface area contributed by atoms with Gasteiger partial charge in [0.15, 0.2) is 5.96 Å². The summed E-state index contributed by atoms with van der Waals surface area (Å²) in [6.07, 6.45) is 5.07. The van der Waals surface area contributed by atoms with Gasteiger partial charge in [0.2, 0.25) is 0 Å². The number of hydrogen-bond acceptors (Lipinski definition) is 3. The third kappa shape index (κ3) is 8.60. The van der Waals surface area contributed by atoms with E-state index in [9.17, 15) is 0 Å². The molecule has 21 heavy (non-hydrogen) atoms. The molecule has 0 aliphatic heterocycles. The van der Waals surface area contributed by atoms with Gasteiger partial charge < -0.3 is 10.6 Å². The second kappa shape index (κ2) is 12.2.